The molecule has 27 heavy (non-hydrogen) atoms. The van der Waals surface area contributed by atoms with Crippen LogP contribution in [0.2, 0.25) is 0 Å². The van der Waals surface area contributed by atoms with Crippen LogP contribution in [0.1, 0.15) is 15.9 Å². The number of pyridine rings is 1. The van der Waals surface area contributed by atoms with Gasteiger partial charge >= 0.3 is 5.97 Å². The monoisotopic (exact) mass is 359 g/mol. The first kappa shape index (κ1) is 16.8. The van der Waals surface area contributed by atoms with Gasteiger partial charge in [-0.05, 0) is 23.3 Å². The standard InChI is InChI=1S/C21H17N3O3/c1-23-12-16(10-22-23)15-8-6-14(7-9-15)11-24-13-18(21(26)27)20(25)17-4-2-3-5-19(17)24/h2-10,12-13H,11H2,1H3,(H,26,27). The van der Waals surface area contributed by atoms with E-state index in [-0.39, 0.29) is 5.56 Å². The quantitative estimate of drug-likeness (QED) is 0.607. The fourth-order valence-electron chi connectivity index (χ4n) is 3.20. The van der Waals surface area contributed by atoms with E-state index in [1.54, 1.807) is 21.4 Å². The van der Waals surface area contributed by atoms with Crippen molar-refractivity contribution < 1.29 is 9.90 Å². The van der Waals surface area contributed by atoms with Crippen LogP contribution in [-0.4, -0.2) is 25.4 Å². The first-order chi connectivity index (χ1) is 13.0. The third-order valence-electron chi connectivity index (χ3n) is 4.56. The average Bonchev–Trinajstić information content (AvgIpc) is 3.11. The van der Waals surface area contributed by atoms with Gasteiger partial charge in [-0.3, -0.25) is 9.48 Å². The fraction of sp³-hybridized carbons (Fsp3) is 0.0952. The Labute approximate surface area is 154 Å². The molecule has 4 aromatic rings. The first-order valence-corrected chi connectivity index (χ1v) is 8.46. The number of fused-ring (bicyclic) bond motifs is 1. The molecule has 2 heterocycles. The highest BCUT2D eigenvalue weighted by molar-refractivity contribution is 5.92. The van der Waals surface area contributed by atoms with Gasteiger partial charge in [0.25, 0.3) is 0 Å². The van der Waals surface area contributed by atoms with Crippen molar-refractivity contribution in [2.24, 2.45) is 7.05 Å². The number of aromatic carboxylic acids is 1. The maximum Gasteiger partial charge on any atom is 0.341 e. The van der Waals surface area contributed by atoms with Gasteiger partial charge in [0.05, 0.1) is 11.7 Å². The lowest BCUT2D eigenvalue weighted by atomic mass is 10.1. The highest BCUT2D eigenvalue weighted by Gasteiger charge is 2.14. The predicted molar refractivity (Wildman–Crippen MR) is 103 cm³/mol. The molecule has 6 heteroatoms. The summed E-state index contributed by atoms with van der Waals surface area (Å²) in [6.07, 6.45) is 5.18. The van der Waals surface area contributed by atoms with Crippen LogP contribution in [0.3, 0.4) is 0 Å². The van der Waals surface area contributed by atoms with Gasteiger partial charge < -0.3 is 9.67 Å². The van der Waals surface area contributed by atoms with E-state index in [0.717, 1.165) is 16.7 Å². The lowest BCUT2D eigenvalue weighted by Gasteiger charge is -2.13. The Kier molecular flexibility index (Phi) is 4.08. The Morgan fingerprint density at radius 1 is 1.04 bits per heavy atom. The smallest absolute Gasteiger partial charge is 0.341 e. The molecule has 0 aliphatic rings. The zero-order valence-electron chi connectivity index (χ0n) is 14.7. The van der Waals surface area contributed by atoms with E-state index in [2.05, 4.69) is 5.10 Å². The molecule has 0 saturated carbocycles. The number of hydrogen-bond acceptors (Lipinski definition) is 3. The van der Waals surface area contributed by atoms with Gasteiger partial charge in [-0.1, -0.05) is 36.4 Å². The molecule has 6 nitrogen and oxygen atoms in total. The number of nitrogens with zero attached hydrogens (tertiary/aromatic N) is 3. The predicted octanol–water partition coefficient (Wildman–Crippen LogP) is 3.15. The Hall–Kier alpha value is -3.67. The maximum atomic E-state index is 12.4. The van der Waals surface area contributed by atoms with Crippen LogP contribution >= 0.6 is 0 Å². The van der Waals surface area contributed by atoms with E-state index < -0.39 is 11.4 Å². The van der Waals surface area contributed by atoms with Crippen molar-refractivity contribution in [3.05, 3.63) is 88.5 Å². The van der Waals surface area contributed by atoms with Gasteiger partial charge in [-0.15, -0.1) is 0 Å². The molecule has 0 bridgehead atoms. The zero-order valence-corrected chi connectivity index (χ0v) is 14.7. The number of benzene rings is 2. The average molecular weight is 359 g/mol. The second-order valence-electron chi connectivity index (χ2n) is 6.42. The number of carboxylic acid groups (broad SMARTS) is 1. The highest BCUT2D eigenvalue weighted by Crippen LogP contribution is 2.20. The number of aryl methyl sites for hydroxylation is 1. The van der Waals surface area contributed by atoms with Crippen molar-refractivity contribution in [3.63, 3.8) is 0 Å². The minimum Gasteiger partial charge on any atom is -0.477 e. The molecule has 0 atom stereocenters. The summed E-state index contributed by atoms with van der Waals surface area (Å²) in [6.45, 7) is 0.467. The summed E-state index contributed by atoms with van der Waals surface area (Å²) in [5.41, 5.74) is 3.13. The molecular weight excluding hydrogens is 342 g/mol. The van der Waals surface area contributed by atoms with Crippen molar-refractivity contribution in [2.45, 2.75) is 6.54 Å². The number of carbonyl (C=O) groups is 1. The van der Waals surface area contributed by atoms with Crippen molar-refractivity contribution in [2.75, 3.05) is 0 Å². The largest absolute Gasteiger partial charge is 0.477 e. The number of para-hydroxylation sites is 1. The zero-order chi connectivity index (χ0) is 19.0. The number of hydrogen-bond donors (Lipinski definition) is 1. The molecule has 134 valence electrons. The molecule has 2 aromatic heterocycles. The second kappa shape index (κ2) is 6.57. The van der Waals surface area contributed by atoms with Crippen LogP contribution in [0.5, 0.6) is 0 Å². The van der Waals surface area contributed by atoms with Gasteiger partial charge in [0.2, 0.25) is 5.43 Å². The third-order valence-corrected chi connectivity index (χ3v) is 4.56. The molecule has 0 fully saturated rings. The van der Waals surface area contributed by atoms with Gasteiger partial charge in [0, 0.05) is 36.9 Å². The molecule has 0 spiro atoms. The molecule has 0 aliphatic heterocycles. The van der Waals surface area contributed by atoms with Crippen molar-refractivity contribution in [3.8, 4) is 11.1 Å². The van der Waals surface area contributed by atoms with Crippen LogP contribution in [0.25, 0.3) is 22.0 Å². The van der Waals surface area contributed by atoms with Crippen molar-refractivity contribution in [1.29, 1.82) is 0 Å². The SMILES string of the molecule is Cn1cc(-c2ccc(Cn3cc(C(=O)O)c(=O)c4ccccc43)cc2)cn1. The Bertz CT molecular complexity index is 1200. The molecule has 0 aliphatic carbocycles. The lowest BCUT2D eigenvalue weighted by molar-refractivity contribution is 0.0695. The molecule has 0 radical (unpaired) electrons. The van der Waals surface area contributed by atoms with E-state index in [1.165, 1.54) is 6.20 Å². The number of rotatable bonds is 4. The first-order valence-electron chi connectivity index (χ1n) is 8.46. The summed E-state index contributed by atoms with van der Waals surface area (Å²) in [5.74, 6) is -1.22. The topological polar surface area (TPSA) is 77.1 Å². The van der Waals surface area contributed by atoms with Crippen LogP contribution in [0.15, 0.2) is 71.9 Å². The molecule has 0 saturated heterocycles. The Morgan fingerprint density at radius 3 is 2.44 bits per heavy atom. The van der Waals surface area contributed by atoms with E-state index in [9.17, 15) is 14.7 Å². The summed E-state index contributed by atoms with van der Waals surface area (Å²) in [6, 6.07) is 15.1. The Morgan fingerprint density at radius 2 is 1.78 bits per heavy atom. The Balaban J connectivity index is 1.74. The van der Waals surface area contributed by atoms with E-state index >= 15 is 0 Å². The van der Waals surface area contributed by atoms with E-state index in [4.69, 9.17) is 0 Å². The lowest BCUT2D eigenvalue weighted by Crippen LogP contribution is -2.19. The minimum atomic E-state index is -1.22. The summed E-state index contributed by atoms with van der Waals surface area (Å²) < 4.78 is 3.56. The molecule has 1 N–H and O–H groups in total. The van der Waals surface area contributed by atoms with Crippen LogP contribution in [0, 0.1) is 0 Å². The van der Waals surface area contributed by atoms with Crippen LogP contribution in [-0.2, 0) is 13.6 Å². The second-order valence-corrected chi connectivity index (χ2v) is 6.42. The summed E-state index contributed by atoms with van der Waals surface area (Å²) in [4.78, 5) is 23.8. The number of carboxylic acids is 1. The van der Waals surface area contributed by atoms with Gasteiger partial charge in [0.15, 0.2) is 0 Å². The summed E-state index contributed by atoms with van der Waals surface area (Å²) in [5, 5.41) is 13.9. The molecule has 0 amide bonds. The van der Waals surface area contributed by atoms with Crippen molar-refractivity contribution >= 4 is 16.9 Å². The number of aromatic nitrogens is 3. The normalized spacial score (nSPS) is 11.0. The van der Waals surface area contributed by atoms with Gasteiger partial charge in [-0.25, -0.2) is 4.79 Å². The van der Waals surface area contributed by atoms with Crippen LogP contribution in [0.4, 0.5) is 0 Å². The van der Waals surface area contributed by atoms with Crippen molar-refractivity contribution in [1.82, 2.24) is 14.3 Å². The maximum absolute atomic E-state index is 12.4. The third kappa shape index (κ3) is 3.13. The summed E-state index contributed by atoms with van der Waals surface area (Å²) in [7, 11) is 1.87. The molecule has 0 unspecified atom stereocenters. The van der Waals surface area contributed by atoms with E-state index in [1.807, 2.05) is 55.8 Å². The van der Waals surface area contributed by atoms with E-state index in [0.29, 0.717) is 17.4 Å². The fourth-order valence-corrected chi connectivity index (χ4v) is 3.20. The van der Waals surface area contributed by atoms with Gasteiger partial charge in [0.1, 0.15) is 5.56 Å². The summed E-state index contributed by atoms with van der Waals surface area (Å²) >= 11 is 0. The minimum absolute atomic E-state index is 0.222. The highest BCUT2D eigenvalue weighted by atomic mass is 16.4. The molecule has 4 rings (SSSR count). The molecule has 2 aromatic carbocycles. The van der Waals surface area contributed by atoms with Gasteiger partial charge in [-0.2, -0.15) is 5.10 Å². The molecular formula is C21H17N3O3. The van der Waals surface area contributed by atoms with Crippen LogP contribution < -0.4 is 5.43 Å².